The standard InChI is InChI=1S/C16H25N3O4/c1-4-6-10-19-15(21)9-8-13(18-19)16(22)23-11-14(20)17-12(3)7-5-2/h8-9,12H,4-7,10-11H2,1-3H3,(H,17,20). The van der Waals surface area contributed by atoms with E-state index < -0.39 is 5.97 Å². The Hall–Kier alpha value is -2.18. The van der Waals surface area contributed by atoms with Crippen LogP contribution in [0, 0.1) is 0 Å². The van der Waals surface area contributed by atoms with Gasteiger partial charge in [-0.3, -0.25) is 9.59 Å². The van der Waals surface area contributed by atoms with Gasteiger partial charge in [0.2, 0.25) is 0 Å². The first-order valence-corrected chi connectivity index (χ1v) is 8.02. The summed E-state index contributed by atoms with van der Waals surface area (Å²) in [5, 5.41) is 6.72. The predicted molar refractivity (Wildman–Crippen MR) is 86.2 cm³/mol. The molecule has 0 fully saturated rings. The summed E-state index contributed by atoms with van der Waals surface area (Å²) in [6.45, 7) is 6.02. The summed E-state index contributed by atoms with van der Waals surface area (Å²) in [7, 11) is 0. The number of ether oxygens (including phenoxy) is 1. The largest absolute Gasteiger partial charge is 0.451 e. The number of carbonyl (C=O) groups is 2. The molecule has 0 radical (unpaired) electrons. The fraction of sp³-hybridized carbons (Fsp3) is 0.625. The lowest BCUT2D eigenvalue weighted by Gasteiger charge is -2.12. The maximum Gasteiger partial charge on any atom is 0.359 e. The van der Waals surface area contributed by atoms with Crippen molar-refractivity contribution in [3.63, 3.8) is 0 Å². The number of hydrogen-bond acceptors (Lipinski definition) is 5. The number of hydrogen-bond donors (Lipinski definition) is 1. The van der Waals surface area contributed by atoms with E-state index in [9.17, 15) is 14.4 Å². The molecule has 1 atom stereocenters. The van der Waals surface area contributed by atoms with Gasteiger partial charge in [0.1, 0.15) is 0 Å². The van der Waals surface area contributed by atoms with E-state index in [2.05, 4.69) is 10.4 Å². The van der Waals surface area contributed by atoms with Gasteiger partial charge < -0.3 is 10.1 Å². The summed E-state index contributed by atoms with van der Waals surface area (Å²) < 4.78 is 6.18. The molecule has 1 heterocycles. The van der Waals surface area contributed by atoms with Gasteiger partial charge >= 0.3 is 5.97 Å². The zero-order valence-corrected chi connectivity index (χ0v) is 14.0. The monoisotopic (exact) mass is 323 g/mol. The summed E-state index contributed by atoms with van der Waals surface area (Å²) in [4.78, 5) is 35.2. The van der Waals surface area contributed by atoms with Crippen LogP contribution in [0.25, 0.3) is 0 Å². The molecule has 0 saturated heterocycles. The molecule has 128 valence electrons. The first-order valence-electron chi connectivity index (χ1n) is 8.02. The summed E-state index contributed by atoms with van der Waals surface area (Å²) in [5.41, 5.74) is -0.240. The van der Waals surface area contributed by atoms with Crippen LogP contribution in [0.2, 0.25) is 0 Å². The molecule has 0 aromatic carbocycles. The zero-order chi connectivity index (χ0) is 17.2. The van der Waals surface area contributed by atoms with Gasteiger partial charge in [-0.1, -0.05) is 26.7 Å². The van der Waals surface area contributed by atoms with E-state index in [1.54, 1.807) is 0 Å². The third-order valence-electron chi connectivity index (χ3n) is 3.26. The van der Waals surface area contributed by atoms with Gasteiger partial charge in [-0.2, -0.15) is 5.10 Å². The number of rotatable bonds is 9. The highest BCUT2D eigenvalue weighted by Gasteiger charge is 2.14. The topological polar surface area (TPSA) is 90.3 Å². The Bertz CT molecular complexity index is 583. The van der Waals surface area contributed by atoms with Crippen LogP contribution < -0.4 is 10.9 Å². The molecule has 7 heteroatoms. The number of unbranched alkanes of at least 4 members (excludes halogenated alkanes) is 1. The van der Waals surface area contributed by atoms with Crippen LogP contribution in [-0.2, 0) is 16.1 Å². The minimum atomic E-state index is -0.714. The molecular weight excluding hydrogens is 298 g/mol. The second-order valence-electron chi connectivity index (χ2n) is 5.47. The lowest BCUT2D eigenvalue weighted by Crippen LogP contribution is -2.36. The van der Waals surface area contributed by atoms with Crippen molar-refractivity contribution in [2.75, 3.05) is 6.61 Å². The number of aryl methyl sites for hydroxylation is 1. The molecule has 1 unspecified atom stereocenters. The van der Waals surface area contributed by atoms with Crippen LogP contribution in [0.3, 0.4) is 0 Å². The highest BCUT2D eigenvalue weighted by Crippen LogP contribution is 1.98. The molecule has 0 aliphatic carbocycles. The molecule has 7 nitrogen and oxygen atoms in total. The van der Waals surface area contributed by atoms with Crippen LogP contribution in [0.4, 0.5) is 0 Å². The number of nitrogens with one attached hydrogen (secondary N) is 1. The van der Waals surface area contributed by atoms with Gasteiger partial charge in [0.15, 0.2) is 12.3 Å². The molecule has 0 spiro atoms. The molecule has 1 aromatic heterocycles. The van der Waals surface area contributed by atoms with Gasteiger partial charge in [0.25, 0.3) is 11.5 Å². The van der Waals surface area contributed by atoms with E-state index in [1.807, 2.05) is 20.8 Å². The van der Waals surface area contributed by atoms with Crippen LogP contribution in [0.15, 0.2) is 16.9 Å². The fourth-order valence-electron chi connectivity index (χ4n) is 2.05. The Labute approximate surface area is 136 Å². The van der Waals surface area contributed by atoms with Crippen LogP contribution in [0.5, 0.6) is 0 Å². The molecule has 23 heavy (non-hydrogen) atoms. The van der Waals surface area contributed by atoms with Crippen molar-refractivity contribution in [2.24, 2.45) is 0 Å². The van der Waals surface area contributed by atoms with Crippen LogP contribution in [0.1, 0.15) is 56.9 Å². The summed E-state index contributed by atoms with van der Waals surface area (Å²) >= 11 is 0. The SMILES string of the molecule is CCCCn1nc(C(=O)OCC(=O)NC(C)CCC)ccc1=O. The Balaban J connectivity index is 2.57. The fourth-order valence-corrected chi connectivity index (χ4v) is 2.05. The van der Waals surface area contributed by atoms with Crippen LogP contribution >= 0.6 is 0 Å². The maximum atomic E-state index is 11.9. The normalized spacial score (nSPS) is 11.8. The third kappa shape index (κ3) is 6.63. The van der Waals surface area contributed by atoms with Gasteiger partial charge in [-0.05, 0) is 25.8 Å². The van der Waals surface area contributed by atoms with Gasteiger partial charge in [-0.25, -0.2) is 9.48 Å². The number of aromatic nitrogens is 2. The van der Waals surface area contributed by atoms with Crippen molar-refractivity contribution >= 4 is 11.9 Å². The minimum absolute atomic E-state index is 0.0232. The second kappa shape index (κ2) is 9.76. The summed E-state index contributed by atoms with van der Waals surface area (Å²) in [5.74, 6) is -1.06. The Morgan fingerprint density at radius 2 is 2.04 bits per heavy atom. The van der Waals surface area contributed by atoms with Gasteiger partial charge in [0, 0.05) is 18.7 Å². The van der Waals surface area contributed by atoms with Crippen molar-refractivity contribution in [1.82, 2.24) is 15.1 Å². The minimum Gasteiger partial charge on any atom is -0.451 e. The maximum absolute atomic E-state index is 11.9. The predicted octanol–water partition coefficient (Wildman–Crippen LogP) is 1.50. The van der Waals surface area contributed by atoms with E-state index >= 15 is 0 Å². The molecule has 0 aliphatic heterocycles. The van der Waals surface area contributed by atoms with Crippen molar-refractivity contribution in [2.45, 2.75) is 59.0 Å². The molecule has 1 amide bonds. The van der Waals surface area contributed by atoms with Crippen LogP contribution in [-0.4, -0.2) is 34.3 Å². The summed E-state index contributed by atoms with van der Waals surface area (Å²) in [6, 6.07) is 2.63. The van der Waals surface area contributed by atoms with E-state index in [0.717, 1.165) is 25.7 Å². The molecule has 1 rings (SSSR count). The smallest absolute Gasteiger partial charge is 0.359 e. The molecule has 0 saturated carbocycles. The quantitative estimate of drug-likeness (QED) is 0.696. The lowest BCUT2D eigenvalue weighted by atomic mass is 10.2. The highest BCUT2D eigenvalue weighted by atomic mass is 16.5. The Morgan fingerprint density at radius 3 is 2.70 bits per heavy atom. The average molecular weight is 323 g/mol. The molecule has 1 aromatic rings. The number of amides is 1. The zero-order valence-electron chi connectivity index (χ0n) is 14.0. The van der Waals surface area contributed by atoms with E-state index in [-0.39, 0.29) is 29.8 Å². The van der Waals surface area contributed by atoms with Gasteiger partial charge in [0.05, 0.1) is 0 Å². The van der Waals surface area contributed by atoms with Crippen molar-refractivity contribution in [3.8, 4) is 0 Å². The lowest BCUT2D eigenvalue weighted by molar-refractivity contribution is -0.124. The third-order valence-corrected chi connectivity index (χ3v) is 3.26. The second-order valence-corrected chi connectivity index (χ2v) is 5.47. The first kappa shape index (κ1) is 18.9. The molecule has 0 aliphatic rings. The Morgan fingerprint density at radius 1 is 1.30 bits per heavy atom. The van der Waals surface area contributed by atoms with Crippen molar-refractivity contribution in [1.29, 1.82) is 0 Å². The number of carbonyl (C=O) groups excluding carboxylic acids is 2. The number of esters is 1. The van der Waals surface area contributed by atoms with E-state index in [0.29, 0.717) is 6.54 Å². The number of nitrogens with zero attached hydrogens (tertiary/aromatic N) is 2. The molecule has 0 bridgehead atoms. The molecule has 1 N–H and O–H groups in total. The van der Waals surface area contributed by atoms with Crippen molar-refractivity contribution in [3.05, 3.63) is 28.2 Å². The van der Waals surface area contributed by atoms with Gasteiger partial charge in [-0.15, -0.1) is 0 Å². The van der Waals surface area contributed by atoms with E-state index in [1.165, 1.54) is 16.8 Å². The molecular formula is C16H25N3O4. The highest BCUT2D eigenvalue weighted by molar-refractivity contribution is 5.89. The first-order chi connectivity index (χ1) is 11.0. The van der Waals surface area contributed by atoms with E-state index in [4.69, 9.17) is 4.74 Å². The summed E-state index contributed by atoms with van der Waals surface area (Å²) in [6.07, 6.45) is 3.54. The average Bonchev–Trinajstić information content (AvgIpc) is 2.52. The van der Waals surface area contributed by atoms with Crippen molar-refractivity contribution < 1.29 is 14.3 Å². The Kier molecular flexibility index (Phi) is 8.01.